The summed E-state index contributed by atoms with van der Waals surface area (Å²) in [4.78, 5) is 12.2. The average molecular weight is 397 g/mol. The van der Waals surface area contributed by atoms with Gasteiger partial charge in [-0.05, 0) is 28.1 Å². The minimum Gasteiger partial charge on any atom is -0.434 e. The monoisotopic (exact) mass is 395 g/mol. The standard InChI is InChI=1S/C13H9BrClF2NO2S/c1-2-5-18-12(19)11-9(15)8-7(20-13(16)17)4-3-6(14)10(8)21-11/h2-4,13H,1,5H2,(H,18,19). The van der Waals surface area contributed by atoms with Gasteiger partial charge in [0.2, 0.25) is 0 Å². The number of carbonyl (C=O) groups is 1. The van der Waals surface area contributed by atoms with E-state index in [0.717, 1.165) is 11.3 Å². The van der Waals surface area contributed by atoms with E-state index in [9.17, 15) is 13.6 Å². The minimum atomic E-state index is -2.97. The fourth-order valence-electron chi connectivity index (χ4n) is 1.69. The number of carbonyl (C=O) groups excluding carboxylic acids is 1. The number of amides is 1. The second-order valence-corrected chi connectivity index (χ2v) is 6.12. The van der Waals surface area contributed by atoms with Gasteiger partial charge in [-0.15, -0.1) is 17.9 Å². The fraction of sp³-hybridized carbons (Fsp3) is 0.154. The van der Waals surface area contributed by atoms with Gasteiger partial charge >= 0.3 is 6.61 Å². The molecular formula is C13H9BrClF2NO2S. The van der Waals surface area contributed by atoms with Gasteiger partial charge in [0.15, 0.2) is 0 Å². The van der Waals surface area contributed by atoms with E-state index >= 15 is 0 Å². The van der Waals surface area contributed by atoms with Gasteiger partial charge in [0.1, 0.15) is 10.6 Å². The topological polar surface area (TPSA) is 38.3 Å². The Hall–Kier alpha value is -1.18. The van der Waals surface area contributed by atoms with Crippen LogP contribution >= 0.6 is 38.9 Å². The Morgan fingerprint density at radius 1 is 1.57 bits per heavy atom. The quantitative estimate of drug-likeness (QED) is 0.735. The molecule has 8 heteroatoms. The highest BCUT2D eigenvalue weighted by Gasteiger charge is 2.22. The second kappa shape index (κ2) is 6.72. The van der Waals surface area contributed by atoms with Crippen LogP contribution in [-0.2, 0) is 0 Å². The van der Waals surface area contributed by atoms with Crippen molar-refractivity contribution in [1.29, 1.82) is 0 Å². The molecule has 0 saturated heterocycles. The molecular weight excluding hydrogens is 388 g/mol. The second-order valence-electron chi connectivity index (χ2n) is 3.87. The summed E-state index contributed by atoms with van der Waals surface area (Å²) >= 11 is 10.6. The smallest absolute Gasteiger partial charge is 0.387 e. The number of hydrogen-bond acceptors (Lipinski definition) is 3. The Morgan fingerprint density at radius 2 is 2.29 bits per heavy atom. The van der Waals surface area contributed by atoms with Crippen molar-refractivity contribution in [2.45, 2.75) is 6.61 Å². The summed E-state index contributed by atoms with van der Waals surface area (Å²) in [5, 5.41) is 2.98. The van der Waals surface area contributed by atoms with Gasteiger partial charge in [-0.1, -0.05) is 17.7 Å². The van der Waals surface area contributed by atoms with Gasteiger partial charge in [-0.2, -0.15) is 8.78 Å². The maximum atomic E-state index is 12.4. The molecule has 0 saturated carbocycles. The molecule has 2 rings (SSSR count). The lowest BCUT2D eigenvalue weighted by Crippen LogP contribution is -2.22. The van der Waals surface area contributed by atoms with E-state index < -0.39 is 12.5 Å². The van der Waals surface area contributed by atoms with Crippen LogP contribution in [0.4, 0.5) is 8.78 Å². The summed E-state index contributed by atoms with van der Waals surface area (Å²) in [5.41, 5.74) is 0. The van der Waals surface area contributed by atoms with E-state index in [1.807, 2.05) is 0 Å². The molecule has 1 aromatic carbocycles. The van der Waals surface area contributed by atoms with Crippen LogP contribution < -0.4 is 10.1 Å². The van der Waals surface area contributed by atoms with Crippen molar-refractivity contribution in [3.05, 3.63) is 39.2 Å². The molecule has 3 nitrogen and oxygen atoms in total. The van der Waals surface area contributed by atoms with Crippen LogP contribution in [-0.4, -0.2) is 19.1 Å². The number of rotatable bonds is 5. The van der Waals surface area contributed by atoms with E-state index in [1.54, 1.807) is 6.07 Å². The Balaban J connectivity index is 2.56. The number of fused-ring (bicyclic) bond motifs is 1. The fourth-order valence-corrected chi connectivity index (χ4v) is 3.74. The number of ether oxygens (including phenoxy) is 1. The van der Waals surface area contributed by atoms with Crippen molar-refractivity contribution in [3.63, 3.8) is 0 Å². The van der Waals surface area contributed by atoms with Crippen molar-refractivity contribution >= 4 is 54.9 Å². The van der Waals surface area contributed by atoms with Crippen LogP contribution in [0.2, 0.25) is 5.02 Å². The SMILES string of the molecule is C=CCNC(=O)c1sc2c(Br)ccc(OC(F)F)c2c1Cl. The molecule has 0 bridgehead atoms. The average Bonchev–Trinajstić information content (AvgIpc) is 2.78. The van der Waals surface area contributed by atoms with E-state index in [-0.39, 0.29) is 22.2 Å². The third-order valence-electron chi connectivity index (χ3n) is 2.52. The zero-order valence-corrected chi connectivity index (χ0v) is 13.6. The van der Waals surface area contributed by atoms with Crippen LogP contribution in [0.5, 0.6) is 5.75 Å². The predicted molar refractivity (Wildman–Crippen MR) is 83.7 cm³/mol. The van der Waals surface area contributed by atoms with Gasteiger partial charge in [0.05, 0.1) is 15.1 Å². The molecule has 0 aliphatic carbocycles. The van der Waals surface area contributed by atoms with Gasteiger partial charge < -0.3 is 10.1 Å². The zero-order valence-electron chi connectivity index (χ0n) is 10.5. The molecule has 112 valence electrons. The van der Waals surface area contributed by atoms with Crippen molar-refractivity contribution < 1.29 is 18.3 Å². The lowest BCUT2D eigenvalue weighted by atomic mass is 10.2. The number of nitrogens with one attached hydrogen (secondary N) is 1. The predicted octanol–water partition coefficient (Wildman–Crippen LogP) is 4.83. The van der Waals surface area contributed by atoms with E-state index in [4.69, 9.17) is 11.6 Å². The van der Waals surface area contributed by atoms with Crippen molar-refractivity contribution in [1.82, 2.24) is 5.32 Å². The first-order valence-electron chi connectivity index (χ1n) is 5.70. The number of halogens is 4. The zero-order chi connectivity index (χ0) is 15.6. The number of hydrogen-bond donors (Lipinski definition) is 1. The van der Waals surface area contributed by atoms with Crippen molar-refractivity contribution in [2.75, 3.05) is 6.54 Å². The van der Waals surface area contributed by atoms with Crippen molar-refractivity contribution in [2.24, 2.45) is 0 Å². The molecule has 0 fully saturated rings. The molecule has 1 amide bonds. The molecule has 0 unspecified atom stereocenters. The summed E-state index contributed by atoms with van der Waals surface area (Å²) in [5.74, 6) is -0.455. The maximum Gasteiger partial charge on any atom is 0.387 e. The van der Waals surface area contributed by atoms with Crippen LogP contribution in [0.25, 0.3) is 10.1 Å². The van der Waals surface area contributed by atoms with Crippen LogP contribution in [0.15, 0.2) is 29.3 Å². The molecule has 0 radical (unpaired) electrons. The highest BCUT2D eigenvalue weighted by Crippen LogP contribution is 2.44. The largest absolute Gasteiger partial charge is 0.434 e. The van der Waals surface area contributed by atoms with Gasteiger partial charge in [0, 0.05) is 11.0 Å². The lowest BCUT2D eigenvalue weighted by Gasteiger charge is -2.07. The first-order chi connectivity index (χ1) is 9.95. The lowest BCUT2D eigenvalue weighted by molar-refractivity contribution is -0.0487. The molecule has 1 aromatic heterocycles. The third-order valence-corrected chi connectivity index (χ3v) is 5.16. The highest BCUT2D eigenvalue weighted by atomic mass is 79.9. The molecule has 21 heavy (non-hydrogen) atoms. The summed E-state index contributed by atoms with van der Waals surface area (Å²) in [7, 11) is 0. The highest BCUT2D eigenvalue weighted by molar-refractivity contribution is 9.10. The van der Waals surface area contributed by atoms with Crippen molar-refractivity contribution in [3.8, 4) is 5.75 Å². The molecule has 1 N–H and O–H groups in total. The molecule has 0 aliphatic rings. The van der Waals surface area contributed by atoms with E-state index in [1.165, 1.54) is 12.1 Å². The molecule has 0 atom stereocenters. The summed E-state index contributed by atoms with van der Waals surface area (Å²) in [6, 6.07) is 2.95. The Bertz CT molecular complexity index is 705. The normalized spacial score (nSPS) is 10.9. The number of benzene rings is 1. The van der Waals surface area contributed by atoms with Crippen LogP contribution in [0.3, 0.4) is 0 Å². The molecule has 1 heterocycles. The van der Waals surface area contributed by atoms with E-state index in [2.05, 4.69) is 32.6 Å². The third kappa shape index (κ3) is 3.36. The summed E-state index contributed by atoms with van der Waals surface area (Å²) in [6.07, 6.45) is 1.53. The van der Waals surface area contributed by atoms with Crippen LogP contribution in [0, 0.1) is 0 Å². The first-order valence-corrected chi connectivity index (χ1v) is 7.68. The summed E-state index contributed by atoms with van der Waals surface area (Å²) in [6.45, 7) is 0.811. The van der Waals surface area contributed by atoms with Gasteiger partial charge in [-0.25, -0.2) is 0 Å². The number of alkyl halides is 2. The number of thiophene rings is 1. The molecule has 2 aromatic rings. The maximum absolute atomic E-state index is 12.4. The van der Waals surface area contributed by atoms with Gasteiger partial charge in [0.25, 0.3) is 5.91 Å². The summed E-state index contributed by atoms with van der Waals surface area (Å²) < 4.78 is 30.6. The molecule has 0 spiro atoms. The molecule has 0 aliphatic heterocycles. The van der Waals surface area contributed by atoms with E-state index in [0.29, 0.717) is 14.6 Å². The first kappa shape index (κ1) is 16.2. The van der Waals surface area contributed by atoms with Crippen LogP contribution in [0.1, 0.15) is 9.67 Å². The Labute approximate surface area is 136 Å². The Morgan fingerprint density at radius 3 is 2.90 bits per heavy atom. The van der Waals surface area contributed by atoms with Gasteiger partial charge in [-0.3, -0.25) is 4.79 Å². The Kier molecular flexibility index (Phi) is 5.18. The minimum absolute atomic E-state index is 0.0628.